The van der Waals surface area contributed by atoms with Crippen LogP contribution in [0.5, 0.6) is 0 Å². The summed E-state index contributed by atoms with van der Waals surface area (Å²) in [5, 5.41) is 4.43. The molecule has 1 aliphatic rings. The van der Waals surface area contributed by atoms with Crippen LogP contribution in [0.3, 0.4) is 0 Å². The van der Waals surface area contributed by atoms with Crippen LogP contribution in [0.1, 0.15) is 30.1 Å². The van der Waals surface area contributed by atoms with Crippen LogP contribution in [0.15, 0.2) is 11.4 Å². The lowest BCUT2D eigenvalue weighted by Gasteiger charge is -2.29. The number of piperidine rings is 1. The molecule has 2 amide bonds. The number of carbonyl (C=O) groups is 3. The fourth-order valence-electron chi connectivity index (χ4n) is 2.56. The number of esters is 1. The topological polar surface area (TPSA) is 136 Å². The Morgan fingerprint density at radius 3 is 2.50 bits per heavy atom. The maximum absolute atomic E-state index is 12.2. The zero-order chi connectivity index (χ0) is 19.5. The lowest BCUT2D eigenvalue weighted by Crippen LogP contribution is -2.41. The van der Waals surface area contributed by atoms with Crippen molar-refractivity contribution in [2.75, 3.05) is 24.7 Å². The van der Waals surface area contributed by atoms with Crippen LogP contribution in [-0.4, -0.2) is 56.0 Å². The molecule has 0 unspecified atom stereocenters. The number of ether oxygens (including phenoxy) is 1. The van der Waals surface area contributed by atoms with Crippen molar-refractivity contribution in [1.29, 1.82) is 0 Å². The van der Waals surface area contributed by atoms with Crippen molar-refractivity contribution in [3.05, 3.63) is 17.0 Å². The smallest absolute Gasteiger partial charge is 0.309 e. The quantitative estimate of drug-likeness (QED) is 0.660. The van der Waals surface area contributed by atoms with Gasteiger partial charge in [-0.05, 0) is 31.2 Å². The first-order chi connectivity index (χ1) is 12.1. The van der Waals surface area contributed by atoms with Crippen molar-refractivity contribution in [3.63, 3.8) is 0 Å². The van der Waals surface area contributed by atoms with Crippen molar-refractivity contribution >= 4 is 44.1 Å². The molecule has 1 saturated heterocycles. The molecule has 144 valence electrons. The molecule has 0 radical (unpaired) electrons. The number of carbonyl (C=O) groups excluding carboxylic acids is 3. The lowest BCUT2D eigenvalue weighted by molar-refractivity contribution is -0.158. The molecule has 1 fully saturated rings. The summed E-state index contributed by atoms with van der Waals surface area (Å²) in [6.45, 7) is 1.92. The first-order valence-corrected chi connectivity index (χ1v) is 10.7. The number of nitrogens with zero attached hydrogens (tertiary/aromatic N) is 1. The number of anilines is 1. The van der Waals surface area contributed by atoms with E-state index in [-0.39, 0.29) is 18.7 Å². The van der Waals surface area contributed by atoms with Crippen LogP contribution < -0.4 is 11.1 Å². The predicted molar refractivity (Wildman–Crippen MR) is 96.2 cm³/mol. The molecule has 3 N–H and O–H groups in total. The van der Waals surface area contributed by atoms with E-state index in [0.717, 1.165) is 17.6 Å². The van der Waals surface area contributed by atoms with Crippen LogP contribution in [0.4, 0.5) is 5.00 Å². The monoisotopic (exact) mass is 403 g/mol. The van der Waals surface area contributed by atoms with Gasteiger partial charge in [0, 0.05) is 13.1 Å². The molecule has 2 rings (SSSR count). The number of sulfonamides is 1. The average Bonchev–Trinajstić information content (AvgIpc) is 3.02. The molecule has 1 aromatic heterocycles. The first-order valence-electron chi connectivity index (χ1n) is 7.93. The number of amides is 2. The summed E-state index contributed by atoms with van der Waals surface area (Å²) in [5.41, 5.74) is 5.40. The van der Waals surface area contributed by atoms with Crippen LogP contribution in [0.2, 0.25) is 0 Å². The van der Waals surface area contributed by atoms with Crippen LogP contribution in [0, 0.1) is 5.92 Å². The molecule has 1 aliphatic heterocycles. The number of primary amides is 1. The summed E-state index contributed by atoms with van der Waals surface area (Å²) >= 11 is 1.14. The third-order valence-corrected chi connectivity index (χ3v) is 6.22. The highest BCUT2D eigenvalue weighted by molar-refractivity contribution is 7.88. The summed E-state index contributed by atoms with van der Waals surface area (Å²) < 4.78 is 29.5. The van der Waals surface area contributed by atoms with Gasteiger partial charge in [-0.25, -0.2) is 12.7 Å². The second-order valence-corrected chi connectivity index (χ2v) is 8.93. The Morgan fingerprint density at radius 2 is 1.96 bits per heavy atom. The Morgan fingerprint density at radius 1 is 1.35 bits per heavy atom. The zero-order valence-electron chi connectivity index (χ0n) is 14.4. The van der Waals surface area contributed by atoms with Gasteiger partial charge in [0.05, 0.1) is 17.7 Å². The van der Waals surface area contributed by atoms with Gasteiger partial charge in [-0.15, -0.1) is 11.3 Å². The van der Waals surface area contributed by atoms with E-state index >= 15 is 0 Å². The highest BCUT2D eigenvalue weighted by atomic mass is 32.2. The highest BCUT2D eigenvalue weighted by Gasteiger charge is 2.31. The van der Waals surface area contributed by atoms with Crippen molar-refractivity contribution in [2.24, 2.45) is 11.7 Å². The Hall–Kier alpha value is -1.98. The second kappa shape index (κ2) is 8.14. The molecule has 2 heterocycles. The van der Waals surface area contributed by atoms with E-state index in [4.69, 9.17) is 10.5 Å². The molecule has 11 heteroatoms. The van der Waals surface area contributed by atoms with Gasteiger partial charge in [-0.1, -0.05) is 0 Å². The van der Waals surface area contributed by atoms with Gasteiger partial charge in [0.2, 0.25) is 10.0 Å². The van der Waals surface area contributed by atoms with Crippen molar-refractivity contribution in [3.8, 4) is 0 Å². The summed E-state index contributed by atoms with van der Waals surface area (Å²) in [6.07, 6.45) is 0.759. The molecule has 0 aliphatic carbocycles. The van der Waals surface area contributed by atoms with Crippen LogP contribution in [0.25, 0.3) is 0 Å². The van der Waals surface area contributed by atoms with E-state index in [0.29, 0.717) is 17.8 Å². The van der Waals surface area contributed by atoms with Gasteiger partial charge in [0.15, 0.2) is 6.10 Å². The minimum atomic E-state index is -3.27. The summed E-state index contributed by atoms with van der Waals surface area (Å²) in [5.74, 6) is -2.23. The highest BCUT2D eigenvalue weighted by Crippen LogP contribution is 2.24. The molecule has 9 nitrogen and oxygen atoms in total. The molecular formula is C15H21N3O6S2. The van der Waals surface area contributed by atoms with Gasteiger partial charge in [0.1, 0.15) is 5.00 Å². The van der Waals surface area contributed by atoms with Gasteiger partial charge in [-0.2, -0.15) is 0 Å². The Kier molecular flexibility index (Phi) is 6.37. The number of nitrogens with one attached hydrogen (secondary N) is 1. The van der Waals surface area contributed by atoms with E-state index in [1.807, 2.05) is 0 Å². The fourth-order valence-corrected chi connectivity index (χ4v) is 4.23. The molecule has 26 heavy (non-hydrogen) atoms. The molecular weight excluding hydrogens is 382 g/mol. The van der Waals surface area contributed by atoms with E-state index in [1.165, 1.54) is 17.3 Å². The normalized spacial score (nSPS) is 17.5. The molecule has 1 atom stereocenters. The van der Waals surface area contributed by atoms with Gasteiger partial charge in [0.25, 0.3) is 11.8 Å². The van der Waals surface area contributed by atoms with E-state index < -0.39 is 39.8 Å². The zero-order valence-corrected chi connectivity index (χ0v) is 16.1. The fraction of sp³-hybridized carbons (Fsp3) is 0.533. The standard InChI is InChI=1S/C15H21N3O6S2/c1-9(13(20)17-14-11(12(16)19)5-8-25-14)24-15(21)10-3-6-18(7-4-10)26(2,22)23/h5,8-10H,3-4,6-7H2,1-2H3,(H2,16,19)(H,17,20)/t9-/m1/s1. The number of thiophene rings is 1. The number of rotatable bonds is 6. The van der Waals surface area contributed by atoms with Crippen molar-refractivity contribution in [2.45, 2.75) is 25.9 Å². The second-order valence-electron chi connectivity index (χ2n) is 6.03. The maximum atomic E-state index is 12.2. The van der Waals surface area contributed by atoms with E-state index in [2.05, 4.69) is 5.32 Å². The molecule has 0 aromatic carbocycles. The summed E-state index contributed by atoms with van der Waals surface area (Å²) in [6, 6.07) is 1.49. The summed E-state index contributed by atoms with van der Waals surface area (Å²) in [4.78, 5) is 35.6. The molecule has 0 spiro atoms. The minimum Gasteiger partial charge on any atom is -0.452 e. The predicted octanol–water partition coefficient (Wildman–Crippen LogP) is 0.389. The molecule has 0 saturated carbocycles. The lowest BCUT2D eigenvalue weighted by atomic mass is 9.98. The summed E-state index contributed by atoms with van der Waals surface area (Å²) in [7, 11) is -3.27. The van der Waals surface area contributed by atoms with Gasteiger partial charge < -0.3 is 15.8 Å². The minimum absolute atomic E-state index is 0.190. The van der Waals surface area contributed by atoms with E-state index in [1.54, 1.807) is 5.38 Å². The van der Waals surface area contributed by atoms with Crippen LogP contribution >= 0.6 is 11.3 Å². The van der Waals surface area contributed by atoms with Crippen LogP contribution in [-0.2, 0) is 24.3 Å². The van der Waals surface area contributed by atoms with E-state index in [9.17, 15) is 22.8 Å². The van der Waals surface area contributed by atoms with Gasteiger partial charge >= 0.3 is 5.97 Å². The Bertz CT molecular complexity index is 796. The third-order valence-electron chi connectivity index (χ3n) is 4.09. The number of hydrogen-bond donors (Lipinski definition) is 2. The van der Waals surface area contributed by atoms with Crippen molar-refractivity contribution in [1.82, 2.24) is 4.31 Å². The van der Waals surface area contributed by atoms with Gasteiger partial charge in [-0.3, -0.25) is 14.4 Å². The van der Waals surface area contributed by atoms with Crippen molar-refractivity contribution < 1.29 is 27.5 Å². The SMILES string of the molecule is C[C@@H](OC(=O)C1CCN(S(C)(=O)=O)CC1)C(=O)Nc1sccc1C(N)=O. The largest absolute Gasteiger partial charge is 0.452 e. The first kappa shape index (κ1) is 20.3. The Balaban J connectivity index is 1.88. The maximum Gasteiger partial charge on any atom is 0.309 e. The molecule has 1 aromatic rings. The number of hydrogen-bond acceptors (Lipinski definition) is 7. The molecule has 0 bridgehead atoms. The third kappa shape index (κ3) is 5.02. The average molecular weight is 403 g/mol. The number of nitrogens with two attached hydrogens (primary N) is 1. The Labute approximate surface area is 155 Å².